The molecule has 0 bridgehead atoms. The molecule has 1 heterocycles. The van der Waals surface area contributed by atoms with Crippen molar-refractivity contribution in [2.24, 2.45) is 0 Å². The minimum absolute atomic E-state index is 0.682. The zero-order valence-electron chi connectivity index (χ0n) is 36.0. The summed E-state index contributed by atoms with van der Waals surface area (Å²) in [5, 5.41) is 1.39. The third kappa shape index (κ3) is 13.1. The molecule has 75 heavy (non-hydrogen) atoms. The highest BCUT2D eigenvalue weighted by Crippen LogP contribution is 2.42. The molecule has 0 radical (unpaired) electrons. The van der Waals surface area contributed by atoms with Crippen molar-refractivity contribution in [3.05, 3.63) is 181 Å². The number of aromatic nitrogens is 1. The van der Waals surface area contributed by atoms with Gasteiger partial charge in [0.15, 0.2) is 6.54 Å². The SMILES string of the molecule is Clc1cc(Cl)c2c(c1)sc[n+]2Cc1ccccc1.FC(F)(F)c1cc([B-](c2cc(C(F)(F)F)cc(C(F)(F)F)c2)(c2cc(C(F)(F)F)cc(C(F)(F)F)c2)c2cc(C(F)(F)F)cc(C(F)(F)F)c2)cc(C(F)(F)F)c1. The second-order valence-electron chi connectivity index (χ2n) is 16.3. The minimum Gasteiger partial charge on any atom is -0.194 e. The van der Waals surface area contributed by atoms with Gasteiger partial charge in [-0.2, -0.15) is 132 Å². The van der Waals surface area contributed by atoms with Gasteiger partial charge in [0.05, 0.1) is 44.5 Å². The smallest absolute Gasteiger partial charge is 0.194 e. The molecule has 0 amide bonds. The summed E-state index contributed by atoms with van der Waals surface area (Å²) in [5.41, 5.74) is -25.8. The summed E-state index contributed by atoms with van der Waals surface area (Å²) >= 11 is 13.9. The fraction of sp³-hybridized carbons (Fsp3) is 0.196. The number of alkyl halides is 24. The molecule has 0 unspecified atom stereocenters. The van der Waals surface area contributed by atoms with Gasteiger partial charge < -0.3 is 0 Å². The Morgan fingerprint density at radius 2 is 0.627 bits per heavy atom. The minimum atomic E-state index is -6.13. The molecule has 0 aliphatic rings. The van der Waals surface area contributed by atoms with E-state index in [-0.39, 0.29) is 0 Å². The van der Waals surface area contributed by atoms with E-state index in [2.05, 4.69) is 22.2 Å². The van der Waals surface area contributed by atoms with Crippen molar-refractivity contribution in [2.75, 3.05) is 0 Å². The Morgan fingerprint density at radius 1 is 0.360 bits per heavy atom. The van der Waals surface area contributed by atoms with E-state index in [1.807, 2.05) is 24.3 Å². The summed E-state index contributed by atoms with van der Waals surface area (Å²) < 4.78 is 344. The van der Waals surface area contributed by atoms with Gasteiger partial charge in [-0.15, -0.1) is 0 Å². The lowest BCUT2D eigenvalue weighted by atomic mass is 9.12. The summed E-state index contributed by atoms with van der Waals surface area (Å²) in [6.07, 6.45) is -54.8. The largest absolute Gasteiger partial charge is 0.416 e. The maximum atomic E-state index is 14.2. The van der Waals surface area contributed by atoms with Crippen LogP contribution >= 0.6 is 34.5 Å². The summed E-state index contributed by atoms with van der Waals surface area (Å²) in [6.45, 7) is 0.822. The molecular weight excluding hydrogens is 1140 g/mol. The van der Waals surface area contributed by atoms with Gasteiger partial charge >= 0.3 is 49.4 Å². The molecule has 1 nitrogen and oxygen atoms in total. The Hall–Kier alpha value is -5.83. The van der Waals surface area contributed by atoms with Crippen molar-refractivity contribution < 1.29 is 110 Å². The molecular formula is C46H22BCl2F24NS. The molecule has 0 N–H and O–H groups in total. The predicted octanol–water partition coefficient (Wildman–Crippen LogP) is 15.8. The third-order valence-electron chi connectivity index (χ3n) is 11.2. The van der Waals surface area contributed by atoms with E-state index in [0.717, 1.165) is 16.8 Å². The molecule has 7 rings (SSSR count). The van der Waals surface area contributed by atoms with E-state index in [0.29, 0.717) is 10.0 Å². The van der Waals surface area contributed by atoms with E-state index >= 15 is 0 Å². The molecule has 6 aromatic carbocycles. The lowest BCUT2D eigenvalue weighted by Gasteiger charge is -2.46. The van der Waals surface area contributed by atoms with Gasteiger partial charge in [0.1, 0.15) is 15.9 Å². The molecule has 402 valence electrons. The van der Waals surface area contributed by atoms with Crippen molar-refractivity contribution in [1.29, 1.82) is 0 Å². The maximum Gasteiger partial charge on any atom is 0.416 e. The van der Waals surface area contributed by atoms with Crippen LogP contribution in [-0.4, -0.2) is 6.15 Å². The number of hydrogen-bond acceptors (Lipinski definition) is 1. The van der Waals surface area contributed by atoms with E-state index in [4.69, 9.17) is 23.2 Å². The molecule has 0 spiro atoms. The highest BCUT2D eigenvalue weighted by Gasteiger charge is 2.47. The lowest BCUT2D eigenvalue weighted by Crippen LogP contribution is -2.75. The second kappa shape index (κ2) is 20.0. The van der Waals surface area contributed by atoms with Crippen LogP contribution in [0, 0.1) is 0 Å². The standard InChI is InChI=1S/C32H12BF24.C14H10Cl2NS/c34-25(35,36)13-1-14(26(37,38)39)6-21(5-13)33(22-7-15(27(40,41)42)2-16(8-22)28(43,44)45,23-9-17(29(46,47)48)3-18(10-23)30(49,50)51)24-11-19(31(52,53)54)4-20(12-24)32(55,56)57;15-11-6-12(16)14-13(7-11)18-9-17(14)8-10-4-2-1-3-5-10/h1-12H;1-7,9H,8H2/q-1;+1. The van der Waals surface area contributed by atoms with Crippen LogP contribution in [0.4, 0.5) is 105 Å². The Balaban J connectivity index is 0.000000421. The van der Waals surface area contributed by atoms with Crippen LogP contribution in [0.5, 0.6) is 0 Å². The maximum absolute atomic E-state index is 14.2. The molecule has 0 aliphatic carbocycles. The van der Waals surface area contributed by atoms with Crippen LogP contribution in [0.2, 0.25) is 10.0 Å². The topological polar surface area (TPSA) is 3.88 Å². The van der Waals surface area contributed by atoms with E-state index in [9.17, 15) is 105 Å². The lowest BCUT2D eigenvalue weighted by molar-refractivity contribution is -0.658. The van der Waals surface area contributed by atoms with Gasteiger partial charge in [-0.25, -0.2) is 0 Å². The number of nitrogens with zero attached hydrogens (tertiary/aromatic N) is 1. The normalized spacial score (nSPS) is 13.5. The number of fused-ring (bicyclic) bond motifs is 1. The third-order valence-corrected chi connectivity index (χ3v) is 12.7. The molecule has 0 fully saturated rings. The van der Waals surface area contributed by atoms with Gasteiger partial charge in [0.25, 0.3) is 0 Å². The average molecular weight is 1160 g/mol. The zero-order valence-corrected chi connectivity index (χ0v) is 38.3. The molecule has 0 aliphatic heterocycles. The Morgan fingerprint density at radius 3 is 0.880 bits per heavy atom. The van der Waals surface area contributed by atoms with Gasteiger partial charge in [-0.05, 0) is 36.4 Å². The van der Waals surface area contributed by atoms with Crippen LogP contribution < -0.4 is 26.4 Å². The summed E-state index contributed by atoms with van der Waals surface area (Å²) in [4.78, 5) is 0. The fourth-order valence-corrected chi connectivity index (χ4v) is 9.73. The van der Waals surface area contributed by atoms with Gasteiger partial charge in [0, 0.05) is 10.6 Å². The van der Waals surface area contributed by atoms with Gasteiger partial charge in [-0.3, -0.25) is 0 Å². The number of thiazole rings is 1. The number of rotatable bonds is 6. The summed E-state index contributed by atoms with van der Waals surface area (Å²) in [5.74, 6) is 0. The van der Waals surface area contributed by atoms with Crippen LogP contribution in [0.3, 0.4) is 0 Å². The van der Waals surface area contributed by atoms with Crippen LogP contribution in [0.1, 0.15) is 50.1 Å². The molecule has 7 aromatic rings. The molecule has 29 heteroatoms. The van der Waals surface area contributed by atoms with Crippen LogP contribution in [0.25, 0.3) is 10.2 Å². The first-order valence-corrected chi connectivity index (χ1v) is 21.8. The quantitative estimate of drug-likeness (QED) is 0.0888. The van der Waals surface area contributed by atoms with Crippen molar-refractivity contribution in [1.82, 2.24) is 0 Å². The highest BCUT2D eigenvalue weighted by atomic mass is 35.5. The van der Waals surface area contributed by atoms with Crippen molar-refractivity contribution in [3.8, 4) is 0 Å². The Bertz CT molecular complexity index is 2780. The Labute approximate surface area is 418 Å². The molecule has 0 atom stereocenters. The molecule has 1 aromatic heterocycles. The first kappa shape index (κ1) is 58.4. The van der Waals surface area contributed by atoms with Gasteiger partial charge in [0.2, 0.25) is 11.0 Å². The first-order valence-electron chi connectivity index (χ1n) is 20.2. The van der Waals surface area contributed by atoms with Crippen LogP contribution in [0.15, 0.2) is 121 Å². The van der Waals surface area contributed by atoms with Crippen molar-refractivity contribution in [2.45, 2.75) is 56.0 Å². The number of benzene rings is 6. The van der Waals surface area contributed by atoms with Crippen molar-refractivity contribution in [3.63, 3.8) is 0 Å². The molecule has 0 saturated heterocycles. The monoisotopic (exact) mass is 1160 g/mol. The van der Waals surface area contributed by atoms with E-state index in [1.165, 1.54) is 5.56 Å². The number of hydrogen-bond donors (Lipinski definition) is 0. The zero-order chi connectivity index (χ0) is 56.4. The molecule has 0 saturated carbocycles. The van der Waals surface area contributed by atoms with Crippen LogP contribution in [-0.2, 0) is 56.0 Å². The predicted molar refractivity (Wildman–Crippen MR) is 228 cm³/mol. The second-order valence-corrected chi connectivity index (χ2v) is 18.0. The van der Waals surface area contributed by atoms with E-state index in [1.54, 1.807) is 17.4 Å². The summed E-state index contributed by atoms with van der Waals surface area (Å²) in [6, 6.07) is 5.27. The first-order chi connectivity index (χ1) is 34.0. The average Bonchev–Trinajstić information content (AvgIpc) is 3.66. The Kier molecular flexibility index (Phi) is 15.5. The van der Waals surface area contributed by atoms with E-state index < -0.39 is 195 Å². The highest BCUT2D eigenvalue weighted by molar-refractivity contribution is 7.20. The number of halogens is 26. The van der Waals surface area contributed by atoms with Crippen molar-refractivity contribution >= 4 is 72.8 Å². The van der Waals surface area contributed by atoms with Gasteiger partial charge in [-0.1, -0.05) is 113 Å². The summed E-state index contributed by atoms with van der Waals surface area (Å²) in [7, 11) is 0. The fourth-order valence-electron chi connectivity index (χ4n) is 8.05.